The van der Waals surface area contributed by atoms with Crippen molar-refractivity contribution in [2.45, 2.75) is 31.9 Å². The highest BCUT2D eigenvalue weighted by Crippen LogP contribution is 2.39. The Hall–Kier alpha value is -2.55. The molecule has 0 aliphatic carbocycles. The zero-order valence-electron chi connectivity index (χ0n) is 13.5. The van der Waals surface area contributed by atoms with Gasteiger partial charge < -0.3 is 10.1 Å². The fraction of sp³-hybridized carbons (Fsp3) is 0.250. The minimum absolute atomic E-state index is 0.0390. The van der Waals surface area contributed by atoms with Crippen molar-refractivity contribution in [3.63, 3.8) is 0 Å². The normalized spacial score (nSPS) is 19.0. The molecule has 0 radical (unpaired) electrons. The second-order valence-electron chi connectivity index (χ2n) is 6.41. The van der Waals surface area contributed by atoms with Gasteiger partial charge in [0.1, 0.15) is 11.4 Å². The van der Waals surface area contributed by atoms with E-state index < -0.39 is 0 Å². The van der Waals surface area contributed by atoms with E-state index in [1.165, 1.54) is 0 Å². The molecule has 3 rings (SSSR count). The number of carbonyl (C=O) groups is 1. The molecule has 1 aliphatic rings. The summed E-state index contributed by atoms with van der Waals surface area (Å²) in [6, 6.07) is 17.7. The maximum absolute atomic E-state index is 12.3. The van der Waals surface area contributed by atoms with E-state index in [1.54, 1.807) is 6.08 Å². The minimum atomic E-state index is -0.296. The van der Waals surface area contributed by atoms with Gasteiger partial charge in [-0.15, -0.1) is 0 Å². The Kier molecular flexibility index (Phi) is 4.20. The van der Waals surface area contributed by atoms with Crippen molar-refractivity contribution in [1.29, 1.82) is 0 Å². The van der Waals surface area contributed by atoms with Crippen LogP contribution in [0.2, 0.25) is 0 Å². The fourth-order valence-corrected chi connectivity index (χ4v) is 2.89. The van der Waals surface area contributed by atoms with Gasteiger partial charge in [0.2, 0.25) is 5.91 Å². The molecule has 1 atom stereocenters. The van der Waals surface area contributed by atoms with E-state index >= 15 is 0 Å². The van der Waals surface area contributed by atoms with Gasteiger partial charge in [0.15, 0.2) is 0 Å². The number of hydrogen-bond donors (Lipinski definition) is 1. The van der Waals surface area contributed by atoms with Crippen LogP contribution in [0.1, 0.15) is 37.4 Å². The maximum Gasteiger partial charge on any atom is 0.244 e. The number of rotatable bonds is 3. The number of carbonyl (C=O) groups excluding carboxylic acids is 1. The predicted octanol–water partition coefficient (Wildman–Crippen LogP) is 4.12. The van der Waals surface area contributed by atoms with Gasteiger partial charge in [-0.2, -0.15) is 0 Å². The third-order valence-corrected chi connectivity index (χ3v) is 3.92. The monoisotopic (exact) mass is 307 g/mol. The van der Waals surface area contributed by atoms with E-state index in [4.69, 9.17) is 4.74 Å². The molecule has 2 aromatic carbocycles. The molecule has 1 heterocycles. The first-order chi connectivity index (χ1) is 11.0. The molecule has 1 aliphatic heterocycles. The zero-order valence-corrected chi connectivity index (χ0v) is 13.5. The molecule has 0 spiro atoms. The van der Waals surface area contributed by atoms with Gasteiger partial charge >= 0.3 is 0 Å². The predicted molar refractivity (Wildman–Crippen MR) is 92.1 cm³/mol. The lowest BCUT2D eigenvalue weighted by Gasteiger charge is -2.37. The van der Waals surface area contributed by atoms with Crippen LogP contribution >= 0.6 is 0 Å². The highest BCUT2D eigenvalue weighted by molar-refractivity contribution is 5.92. The second kappa shape index (κ2) is 6.29. The summed E-state index contributed by atoms with van der Waals surface area (Å²) in [7, 11) is 0. The number of hydrogen-bond acceptors (Lipinski definition) is 2. The lowest BCUT2D eigenvalue weighted by Crippen LogP contribution is -2.40. The van der Waals surface area contributed by atoms with Crippen molar-refractivity contribution >= 4 is 12.0 Å². The number of ether oxygens (including phenoxy) is 1. The molecule has 1 N–H and O–H groups in total. The van der Waals surface area contributed by atoms with E-state index in [0.29, 0.717) is 0 Å². The second-order valence-corrected chi connectivity index (χ2v) is 6.41. The number of fused-ring (bicyclic) bond motifs is 1. The van der Waals surface area contributed by atoms with Gasteiger partial charge in [0, 0.05) is 18.1 Å². The molecule has 0 fully saturated rings. The molecule has 0 saturated heterocycles. The largest absolute Gasteiger partial charge is 0.487 e. The topological polar surface area (TPSA) is 38.3 Å². The van der Waals surface area contributed by atoms with Crippen LogP contribution in [-0.2, 0) is 4.79 Å². The molecule has 0 bridgehead atoms. The summed E-state index contributed by atoms with van der Waals surface area (Å²) < 4.78 is 5.99. The average Bonchev–Trinajstić information content (AvgIpc) is 2.53. The summed E-state index contributed by atoms with van der Waals surface area (Å²) in [6.45, 7) is 4.09. The van der Waals surface area contributed by atoms with Gasteiger partial charge in [-0.05, 0) is 31.6 Å². The van der Waals surface area contributed by atoms with E-state index in [1.807, 2.05) is 74.5 Å². The van der Waals surface area contributed by atoms with Crippen LogP contribution < -0.4 is 10.1 Å². The van der Waals surface area contributed by atoms with Crippen molar-refractivity contribution in [2.75, 3.05) is 0 Å². The van der Waals surface area contributed by atoms with Gasteiger partial charge in [-0.1, -0.05) is 48.5 Å². The van der Waals surface area contributed by atoms with Crippen molar-refractivity contribution in [3.8, 4) is 5.75 Å². The molecule has 3 nitrogen and oxygen atoms in total. The molecule has 2 aromatic rings. The third kappa shape index (κ3) is 3.81. The quantitative estimate of drug-likeness (QED) is 0.866. The molecule has 23 heavy (non-hydrogen) atoms. The number of nitrogens with one attached hydrogen (secondary N) is 1. The van der Waals surface area contributed by atoms with Gasteiger partial charge in [0.25, 0.3) is 0 Å². The van der Waals surface area contributed by atoms with Crippen molar-refractivity contribution in [3.05, 3.63) is 71.8 Å². The summed E-state index contributed by atoms with van der Waals surface area (Å²) in [6.07, 6.45) is 4.15. The first-order valence-electron chi connectivity index (χ1n) is 7.85. The molecular weight excluding hydrogens is 286 g/mol. The van der Waals surface area contributed by atoms with Crippen LogP contribution in [0.4, 0.5) is 0 Å². The third-order valence-electron chi connectivity index (χ3n) is 3.92. The molecule has 0 aromatic heterocycles. The Balaban J connectivity index is 1.74. The van der Waals surface area contributed by atoms with Crippen LogP contribution in [-0.4, -0.2) is 11.5 Å². The zero-order chi connectivity index (χ0) is 16.3. The van der Waals surface area contributed by atoms with Gasteiger partial charge in [-0.3, -0.25) is 4.79 Å². The van der Waals surface area contributed by atoms with Gasteiger partial charge in [-0.25, -0.2) is 0 Å². The Morgan fingerprint density at radius 2 is 1.83 bits per heavy atom. The highest BCUT2D eigenvalue weighted by atomic mass is 16.5. The Labute approximate surface area is 137 Å². The van der Waals surface area contributed by atoms with E-state index in [2.05, 4.69) is 5.32 Å². The van der Waals surface area contributed by atoms with Crippen LogP contribution in [0, 0.1) is 0 Å². The van der Waals surface area contributed by atoms with E-state index in [9.17, 15) is 4.79 Å². The Morgan fingerprint density at radius 1 is 1.13 bits per heavy atom. The summed E-state index contributed by atoms with van der Waals surface area (Å²) in [5, 5.41) is 3.10. The maximum atomic E-state index is 12.3. The van der Waals surface area contributed by atoms with Crippen LogP contribution in [0.3, 0.4) is 0 Å². The molecule has 1 unspecified atom stereocenters. The highest BCUT2D eigenvalue weighted by Gasteiger charge is 2.33. The van der Waals surface area contributed by atoms with E-state index in [0.717, 1.165) is 23.3 Å². The van der Waals surface area contributed by atoms with Crippen molar-refractivity contribution in [2.24, 2.45) is 0 Å². The number of benzene rings is 2. The van der Waals surface area contributed by atoms with Crippen molar-refractivity contribution < 1.29 is 9.53 Å². The minimum Gasteiger partial charge on any atom is -0.487 e. The molecule has 3 heteroatoms. The first kappa shape index (κ1) is 15.3. The molecular formula is C20H21NO2. The lowest BCUT2D eigenvalue weighted by atomic mass is 9.89. The Bertz CT molecular complexity index is 719. The lowest BCUT2D eigenvalue weighted by molar-refractivity contribution is -0.117. The standard InChI is InChI=1S/C20H21NO2/c1-20(2)14-17(16-10-6-7-11-18(16)23-20)21-19(22)13-12-15-8-4-3-5-9-15/h3-13,17H,14H2,1-2H3,(H,21,22)/b13-12+. The van der Waals surface area contributed by atoms with Gasteiger partial charge in [0.05, 0.1) is 6.04 Å². The smallest absolute Gasteiger partial charge is 0.244 e. The summed E-state index contributed by atoms with van der Waals surface area (Å²) in [4.78, 5) is 12.3. The van der Waals surface area contributed by atoms with Crippen LogP contribution in [0.25, 0.3) is 6.08 Å². The Morgan fingerprint density at radius 3 is 2.61 bits per heavy atom. The molecule has 0 saturated carbocycles. The first-order valence-corrected chi connectivity index (χ1v) is 7.85. The average molecular weight is 307 g/mol. The van der Waals surface area contributed by atoms with Crippen LogP contribution in [0.15, 0.2) is 60.7 Å². The molecule has 118 valence electrons. The summed E-state index contributed by atoms with van der Waals surface area (Å²) >= 11 is 0. The number of amides is 1. The summed E-state index contributed by atoms with van der Waals surface area (Å²) in [5.41, 5.74) is 1.75. The molecule has 1 amide bonds. The fourth-order valence-electron chi connectivity index (χ4n) is 2.89. The van der Waals surface area contributed by atoms with E-state index in [-0.39, 0.29) is 17.6 Å². The summed E-state index contributed by atoms with van der Waals surface area (Å²) in [5.74, 6) is 0.757. The number of para-hydroxylation sites is 1. The van der Waals surface area contributed by atoms with Crippen molar-refractivity contribution in [1.82, 2.24) is 5.32 Å². The van der Waals surface area contributed by atoms with Crippen LogP contribution in [0.5, 0.6) is 5.75 Å². The SMILES string of the molecule is CC1(C)CC(NC(=O)/C=C/c2ccccc2)c2ccccc2O1.